The summed E-state index contributed by atoms with van der Waals surface area (Å²) in [4.78, 5) is 0. The van der Waals surface area contributed by atoms with Crippen LogP contribution < -0.4 is 0 Å². The second kappa shape index (κ2) is 7.30. The molecule has 0 aromatic rings. The number of nitriles is 1. The molecule has 1 atom stereocenters. The van der Waals surface area contributed by atoms with Crippen LogP contribution in [0.25, 0.3) is 0 Å². The minimum Gasteiger partial charge on any atom is -0.310 e. The Balaban J connectivity index is 3.29. The van der Waals surface area contributed by atoms with Crippen molar-refractivity contribution in [1.29, 1.82) is 5.26 Å². The minimum atomic E-state index is -2.36. The largest absolute Gasteiger partial charge is 0.319 e. The lowest BCUT2D eigenvalue weighted by molar-refractivity contribution is 0.209. The van der Waals surface area contributed by atoms with Gasteiger partial charge in [0.25, 0.3) is 0 Å². The zero-order valence-electron chi connectivity index (χ0n) is 7.37. The summed E-state index contributed by atoms with van der Waals surface area (Å²) in [5.41, 5.74) is 0. The normalized spacial score (nSPS) is 12.8. The summed E-state index contributed by atoms with van der Waals surface area (Å²) in [6.45, 7) is 4.55. The van der Waals surface area contributed by atoms with E-state index in [4.69, 9.17) is 14.3 Å². The van der Waals surface area contributed by atoms with Crippen LogP contribution in [0.2, 0.25) is 0 Å². The van der Waals surface area contributed by atoms with Gasteiger partial charge in [-0.1, -0.05) is 13.8 Å². The third-order valence-corrected chi connectivity index (χ3v) is 1.81. The van der Waals surface area contributed by atoms with Crippen LogP contribution in [-0.4, -0.2) is 13.2 Å². The lowest BCUT2D eigenvalue weighted by Gasteiger charge is -2.05. The van der Waals surface area contributed by atoms with Crippen molar-refractivity contribution in [1.82, 2.24) is 0 Å². The van der Waals surface area contributed by atoms with E-state index >= 15 is 0 Å². The van der Waals surface area contributed by atoms with Gasteiger partial charge in [0.1, 0.15) is 0 Å². The summed E-state index contributed by atoms with van der Waals surface area (Å²) >= 11 is 0. The predicted molar refractivity (Wildman–Crippen MR) is 46.0 cm³/mol. The molecular weight excluding hydrogens is 177 g/mol. The van der Waals surface area contributed by atoms with Gasteiger partial charge in [-0.05, 0) is 5.92 Å². The third kappa shape index (κ3) is 7.74. The summed E-state index contributed by atoms with van der Waals surface area (Å²) in [7, 11) is -2.36. The molecule has 1 unspecified atom stereocenters. The van der Waals surface area contributed by atoms with Crippen LogP contribution in [0.3, 0.4) is 0 Å². The fourth-order valence-electron chi connectivity index (χ4n) is 0.456. The average molecular weight is 191 g/mol. The zero-order chi connectivity index (χ0) is 9.40. The highest BCUT2D eigenvalue weighted by atomic mass is 31.1. The first-order chi connectivity index (χ1) is 5.66. The molecule has 0 aliphatic rings. The molecule has 0 aliphatic carbocycles. The van der Waals surface area contributed by atoms with E-state index in [1.807, 2.05) is 19.9 Å². The minimum absolute atomic E-state index is 0.187. The van der Waals surface area contributed by atoms with E-state index in [9.17, 15) is 4.57 Å². The Kier molecular flexibility index (Phi) is 7.08. The number of hydrogen-bond acceptors (Lipinski definition) is 4. The first kappa shape index (κ1) is 11.6. The van der Waals surface area contributed by atoms with Crippen molar-refractivity contribution in [3.8, 4) is 6.07 Å². The lowest BCUT2D eigenvalue weighted by atomic mass is 10.2. The highest BCUT2D eigenvalue weighted by Crippen LogP contribution is 2.24. The van der Waals surface area contributed by atoms with Crippen molar-refractivity contribution >= 4 is 8.25 Å². The number of rotatable bonds is 6. The van der Waals surface area contributed by atoms with Crippen LogP contribution in [0.5, 0.6) is 0 Å². The van der Waals surface area contributed by atoms with Crippen molar-refractivity contribution in [2.24, 2.45) is 5.92 Å². The highest BCUT2D eigenvalue weighted by Gasteiger charge is 2.00. The quantitative estimate of drug-likeness (QED) is 0.475. The molecule has 4 nitrogen and oxygen atoms in total. The van der Waals surface area contributed by atoms with Gasteiger partial charge in [0.15, 0.2) is 0 Å². The van der Waals surface area contributed by atoms with Crippen LogP contribution in [0.4, 0.5) is 0 Å². The van der Waals surface area contributed by atoms with Gasteiger partial charge in [0.05, 0.1) is 25.7 Å². The molecule has 0 aliphatic heterocycles. The van der Waals surface area contributed by atoms with Crippen molar-refractivity contribution in [2.45, 2.75) is 20.3 Å². The van der Waals surface area contributed by atoms with Crippen LogP contribution in [0, 0.1) is 17.2 Å². The van der Waals surface area contributed by atoms with Crippen LogP contribution in [-0.2, 0) is 13.6 Å². The maximum Gasteiger partial charge on any atom is 0.319 e. The zero-order valence-corrected chi connectivity index (χ0v) is 8.37. The molecule has 0 N–H and O–H groups in total. The topological polar surface area (TPSA) is 59.3 Å². The van der Waals surface area contributed by atoms with Crippen LogP contribution in [0.1, 0.15) is 20.3 Å². The molecule has 0 aromatic heterocycles. The van der Waals surface area contributed by atoms with E-state index in [1.165, 1.54) is 0 Å². The first-order valence-corrected chi connectivity index (χ1v) is 5.05. The average Bonchev–Trinajstić information content (AvgIpc) is 2.01. The van der Waals surface area contributed by atoms with Gasteiger partial charge >= 0.3 is 8.25 Å². The van der Waals surface area contributed by atoms with E-state index in [1.54, 1.807) is 0 Å². The van der Waals surface area contributed by atoms with Gasteiger partial charge in [0.2, 0.25) is 0 Å². The van der Waals surface area contributed by atoms with E-state index in [0.29, 0.717) is 12.5 Å². The molecule has 0 amide bonds. The molecule has 0 rings (SSSR count). The molecule has 0 spiro atoms. The van der Waals surface area contributed by atoms with E-state index in [2.05, 4.69) is 0 Å². The van der Waals surface area contributed by atoms with Crippen molar-refractivity contribution < 1.29 is 13.6 Å². The maximum absolute atomic E-state index is 10.9. The summed E-state index contributed by atoms with van der Waals surface area (Å²) in [6.07, 6.45) is 0.251. The molecule has 0 saturated carbocycles. The third-order valence-electron chi connectivity index (χ3n) is 0.968. The standard InChI is InChI=1S/C7H14NO3P/c1-7(2)6-11-12(9)10-5-3-4-8/h7,12H,3,5-6H2,1-2H3. The van der Waals surface area contributed by atoms with Gasteiger partial charge < -0.3 is 9.05 Å². The first-order valence-electron chi connectivity index (χ1n) is 3.83. The van der Waals surface area contributed by atoms with Crippen molar-refractivity contribution in [3.05, 3.63) is 0 Å². The van der Waals surface area contributed by atoms with Gasteiger partial charge in [-0.3, -0.25) is 4.57 Å². The molecule has 5 heteroatoms. The van der Waals surface area contributed by atoms with Gasteiger partial charge in [-0.2, -0.15) is 5.26 Å². The van der Waals surface area contributed by atoms with E-state index in [-0.39, 0.29) is 13.0 Å². The Hall–Kier alpha value is -0.360. The van der Waals surface area contributed by atoms with Crippen LogP contribution in [0.15, 0.2) is 0 Å². The predicted octanol–water partition coefficient (Wildman–Crippen LogP) is 1.98. The monoisotopic (exact) mass is 191 g/mol. The molecular formula is C7H14NO3P. The fourth-order valence-corrected chi connectivity index (χ4v) is 1.28. The van der Waals surface area contributed by atoms with E-state index < -0.39 is 8.25 Å². The fraction of sp³-hybridized carbons (Fsp3) is 0.857. The van der Waals surface area contributed by atoms with Gasteiger partial charge in [-0.15, -0.1) is 0 Å². The van der Waals surface area contributed by atoms with E-state index in [0.717, 1.165) is 0 Å². The number of hydrogen-bond donors (Lipinski definition) is 0. The summed E-state index contributed by atoms with van der Waals surface area (Å²) in [5, 5.41) is 8.14. The number of nitrogens with zero attached hydrogens (tertiary/aromatic N) is 1. The van der Waals surface area contributed by atoms with Crippen molar-refractivity contribution in [3.63, 3.8) is 0 Å². The van der Waals surface area contributed by atoms with Crippen molar-refractivity contribution in [2.75, 3.05) is 13.2 Å². The molecule has 0 saturated heterocycles. The smallest absolute Gasteiger partial charge is 0.310 e. The van der Waals surface area contributed by atoms with Gasteiger partial charge in [0, 0.05) is 0 Å². The molecule has 0 bridgehead atoms. The SMILES string of the molecule is CC(C)CO[PH](=O)OCCC#N. The Bertz CT molecular complexity index is 176. The van der Waals surface area contributed by atoms with Gasteiger partial charge in [-0.25, -0.2) is 0 Å². The molecule has 0 fully saturated rings. The Morgan fingerprint density at radius 2 is 2.17 bits per heavy atom. The summed E-state index contributed by atoms with van der Waals surface area (Å²) in [6, 6.07) is 1.88. The highest BCUT2D eigenvalue weighted by molar-refractivity contribution is 7.33. The molecule has 0 radical (unpaired) electrons. The summed E-state index contributed by atoms with van der Waals surface area (Å²) < 4.78 is 20.5. The second-order valence-corrected chi connectivity index (χ2v) is 3.79. The van der Waals surface area contributed by atoms with Crippen LogP contribution >= 0.6 is 8.25 Å². The Morgan fingerprint density at radius 3 is 2.67 bits per heavy atom. The molecule has 12 heavy (non-hydrogen) atoms. The maximum atomic E-state index is 10.9. The Labute approximate surface area is 73.4 Å². The molecule has 70 valence electrons. The Morgan fingerprint density at radius 1 is 1.50 bits per heavy atom. The lowest BCUT2D eigenvalue weighted by Crippen LogP contribution is -1.97. The summed E-state index contributed by atoms with van der Waals surface area (Å²) in [5.74, 6) is 0.346. The molecule has 0 heterocycles. The second-order valence-electron chi connectivity index (χ2n) is 2.71. The molecule has 0 aromatic carbocycles.